The molecule has 1 unspecified atom stereocenters. The molecule has 1 aromatic heterocycles. The molecule has 35 heavy (non-hydrogen) atoms. The number of carbonyl (C=O) groups excluding carboxylic acids is 1. The molecule has 1 aliphatic rings. The van der Waals surface area contributed by atoms with Crippen LogP contribution in [0.3, 0.4) is 0 Å². The number of aromatic nitrogens is 1. The first-order chi connectivity index (χ1) is 16.1. The van der Waals surface area contributed by atoms with Crippen LogP contribution >= 0.6 is 23.2 Å². The van der Waals surface area contributed by atoms with Gasteiger partial charge in [-0.25, -0.2) is 13.8 Å². The molecule has 192 valence electrons. The van der Waals surface area contributed by atoms with Crippen molar-refractivity contribution in [1.29, 1.82) is 0 Å². The molecule has 0 bridgehead atoms. The summed E-state index contributed by atoms with van der Waals surface area (Å²) in [5.74, 6) is -4.02. The Labute approximate surface area is 204 Å². The molecule has 1 aromatic carbocycles. The number of hydrogen-bond acceptors (Lipinski definition) is 3. The van der Waals surface area contributed by atoms with E-state index >= 15 is 0 Å². The number of amides is 1. The molecule has 1 fully saturated rings. The predicted molar refractivity (Wildman–Crippen MR) is 112 cm³/mol. The van der Waals surface area contributed by atoms with Crippen LogP contribution in [0.5, 0.6) is 0 Å². The quantitative estimate of drug-likeness (QED) is 0.266. The van der Waals surface area contributed by atoms with Crippen LogP contribution in [0.25, 0.3) is 0 Å². The minimum absolute atomic E-state index is 0.0359. The SMILES string of the molecule is CCC(=O)NCc1cnc(N2CCC(c3cc(Cl)c(F)c(Cl)c3F)(C(F)(F)F)C2)cc1C(F)(F)F. The van der Waals surface area contributed by atoms with Crippen molar-refractivity contribution in [2.75, 3.05) is 18.0 Å². The van der Waals surface area contributed by atoms with Gasteiger partial charge in [-0.2, -0.15) is 26.3 Å². The summed E-state index contributed by atoms with van der Waals surface area (Å²) < 4.78 is 112. The molecule has 0 spiro atoms. The second-order valence-electron chi connectivity index (χ2n) is 7.93. The Morgan fingerprint density at radius 1 is 1.14 bits per heavy atom. The second kappa shape index (κ2) is 9.61. The van der Waals surface area contributed by atoms with E-state index in [-0.39, 0.29) is 12.0 Å². The van der Waals surface area contributed by atoms with Gasteiger partial charge in [-0.15, -0.1) is 0 Å². The van der Waals surface area contributed by atoms with Crippen molar-refractivity contribution in [3.05, 3.63) is 56.7 Å². The van der Waals surface area contributed by atoms with Crippen molar-refractivity contribution in [1.82, 2.24) is 10.3 Å². The van der Waals surface area contributed by atoms with E-state index in [4.69, 9.17) is 23.2 Å². The Bertz CT molecular complexity index is 1140. The van der Waals surface area contributed by atoms with Crippen LogP contribution in [0.15, 0.2) is 18.3 Å². The maximum Gasteiger partial charge on any atom is 0.416 e. The van der Waals surface area contributed by atoms with Crippen molar-refractivity contribution in [3.63, 3.8) is 0 Å². The van der Waals surface area contributed by atoms with Crippen molar-refractivity contribution >= 4 is 34.9 Å². The Kier molecular flexibility index (Phi) is 7.48. The Balaban J connectivity index is 2.04. The molecule has 1 N–H and O–H groups in total. The highest BCUT2D eigenvalue weighted by molar-refractivity contribution is 6.35. The summed E-state index contributed by atoms with van der Waals surface area (Å²) in [7, 11) is 0. The molecule has 4 nitrogen and oxygen atoms in total. The molecule has 1 aliphatic heterocycles. The summed E-state index contributed by atoms with van der Waals surface area (Å²) in [5, 5.41) is 0.241. The van der Waals surface area contributed by atoms with Gasteiger partial charge < -0.3 is 10.2 Å². The second-order valence-corrected chi connectivity index (χ2v) is 8.71. The lowest BCUT2D eigenvalue weighted by Crippen LogP contribution is -2.45. The van der Waals surface area contributed by atoms with Crippen LogP contribution in [0.4, 0.5) is 40.9 Å². The molecule has 0 aliphatic carbocycles. The summed E-state index contributed by atoms with van der Waals surface area (Å²) >= 11 is 11.1. The summed E-state index contributed by atoms with van der Waals surface area (Å²) in [6.45, 7) is -0.436. The van der Waals surface area contributed by atoms with E-state index in [1.54, 1.807) is 0 Å². The lowest BCUT2D eigenvalue weighted by atomic mass is 9.78. The third-order valence-electron chi connectivity index (χ3n) is 5.83. The molecule has 1 saturated heterocycles. The average Bonchev–Trinajstić information content (AvgIpc) is 3.24. The molecule has 2 aromatic rings. The fourth-order valence-electron chi connectivity index (χ4n) is 3.90. The number of carbonyl (C=O) groups is 1. The molecule has 0 radical (unpaired) electrons. The minimum Gasteiger partial charge on any atom is -0.355 e. The maximum atomic E-state index is 14.7. The third kappa shape index (κ3) is 5.13. The number of nitrogens with zero attached hydrogens (tertiary/aromatic N) is 2. The van der Waals surface area contributed by atoms with Gasteiger partial charge in [0.2, 0.25) is 5.91 Å². The van der Waals surface area contributed by atoms with E-state index < -0.39 is 88.4 Å². The molecule has 3 rings (SSSR count). The summed E-state index contributed by atoms with van der Waals surface area (Å²) in [6.07, 6.45) is -9.91. The van der Waals surface area contributed by atoms with Crippen molar-refractivity contribution < 1.29 is 39.9 Å². The number of alkyl halides is 6. The van der Waals surface area contributed by atoms with Crippen LogP contribution in [-0.2, 0) is 22.9 Å². The van der Waals surface area contributed by atoms with Crippen LogP contribution < -0.4 is 10.2 Å². The number of anilines is 1. The molecule has 1 amide bonds. The number of pyridine rings is 1. The first-order valence-corrected chi connectivity index (χ1v) is 10.9. The molecule has 2 heterocycles. The van der Waals surface area contributed by atoms with Gasteiger partial charge in [-0.3, -0.25) is 4.79 Å². The van der Waals surface area contributed by atoms with Gasteiger partial charge in [-0.05, 0) is 18.6 Å². The van der Waals surface area contributed by atoms with E-state index in [9.17, 15) is 39.9 Å². The van der Waals surface area contributed by atoms with E-state index in [0.29, 0.717) is 12.1 Å². The zero-order valence-corrected chi connectivity index (χ0v) is 19.4. The zero-order valence-electron chi connectivity index (χ0n) is 17.8. The summed E-state index contributed by atoms with van der Waals surface area (Å²) in [4.78, 5) is 16.2. The fraction of sp³-hybridized carbons (Fsp3) is 0.429. The van der Waals surface area contributed by atoms with Gasteiger partial charge in [0.25, 0.3) is 0 Å². The normalized spacial score (nSPS) is 18.8. The van der Waals surface area contributed by atoms with Crippen LogP contribution in [0, 0.1) is 11.6 Å². The maximum absolute atomic E-state index is 14.7. The monoisotopic (exact) mass is 549 g/mol. The molecular formula is C21H17Cl2F8N3O. The van der Waals surface area contributed by atoms with Gasteiger partial charge in [-0.1, -0.05) is 30.1 Å². The van der Waals surface area contributed by atoms with E-state index in [0.717, 1.165) is 11.1 Å². The molecular weight excluding hydrogens is 533 g/mol. The lowest BCUT2D eigenvalue weighted by molar-refractivity contribution is -0.185. The Morgan fingerprint density at radius 2 is 1.80 bits per heavy atom. The highest BCUT2D eigenvalue weighted by Gasteiger charge is 2.60. The average molecular weight is 550 g/mol. The molecule has 14 heteroatoms. The van der Waals surface area contributed by atoms with Crippen LogP contribution in [0.1, 0.15) is 36.5 Å². The lowest BCUT2D eigenvalue weighted by Gasteiger charge is -2.33. The van der Waals surface area contributed by atoms with Gasteiger partial charge in [0.05, 0.1) is 10.6 Å². The van der Waals surface area contributed by atoms with Crippen molar-refractivity contribution in [3.8, 4) is 0 Å². The number of benzene rings is 1. The molecule has 0 saturated carbocycles. The topological polar surface area (TPSA) is 45.2 Å². The predicted octanol–water partition coefficient (Wildman–Crippen LogP) is 6.42. The van der Waals surface area contributed by atoms with Gasteiger partial charge in [0.1, 0.15) is 22.1 Å². The van der Waals surface area contributed by atoms with Crippen LogP contribution in [-0.4, -0.2) is 30.2 Å². The smallest absolute Gasteiger partial charge is 0.355 e. The largest absolute Gasteiger partial charge is 0.416 e. The standard InChI is InChI=1S/C21H17Cl2F8N3O/c1-2-15(35)33-8-10-7-32-14(6-11(10)20(26,27)28)34-4-3-19(9-34,21(29,30)31)12-5-13(22)18(25)16(23)17(12)24/h5-7H,2-4,8-9H2,1H3,(H,33,35). The minimum atomic E-state index is -5.09. The number of nitrogens with one attached hydrogen (secondary N) is 1. The summed E-state index contributed by atoms with van der Waals surface area (Å²) in [6, 6.07) is 1.06. The number of hydrogen-bond donors (Lipinski definition) is 1. The highest BCUT2D eigenvalue weighted by atomic mass is 35.5. The van der Waals surface area contributed by atoms with E-state index in [1.165, 1.54) is 6.92 Å². The van der Waals surface area contributed by atoms with Gasteiger partial charge in [0, 0.05) is 43.4 Å². The Hall–Kier alpha value is -2.34. The first-order valence-electron chi connectivity index (χ1n) is 10.1. The molecule has 1 atom stereocenters. The van der Waals surface area contributed by atoms with Gasteiger partial charge >= 0.3 is 12.4 Å². The fourth-order valence-corrected chi connectivity index (χ4v) is 4.36. The first kappa shape index (κ1) is 27.3. The summed E-state index contributed by atoms with van der Waals surface area (Å²) in [5.41, 5.74) is -5.53. The Morgan fingerprint density at radius 3 is 2.37 bits per heavy atom. The number of halogens is 10. The van der Waals surface area contributed by atoms with E-state index in [1.807, 2.05) is 0 Å². The van der Waals surface area contributed by atoms with Crippen LogP contribution in [0.2, 0.25) is 10.0 Å². The van der Waals surface area contributed by atoms with Gasteiger partial charge in [0.15, 0.2) is 5.82 Å². The number of rotatable bonds is 5. The third-order valence-corrected chi connectivity index (χ3v) is 6.44. The van der Waals surface area contributed by atoms with Crippen molar-refractivity contribution in [2.24, 2.45) is 0 Å². The highest BCUT2D eigenvalue weighted by Crippen LogP contribution is 2.51. The van der Waals surface area contributed by atoms with E-state index in [2.05, 4.69) is 10.3 Å². The van der Waals surface area contributed by atoms with Crippen molar-refractivity contribution in [2.45, 2.75) is 44.1 Å². The zero-order chi connectivity index (χ0) is 26.3.